The van der Waals surface area contributed by atoms with E-state index in [0.717, 1.165) is 12.0 Å². The molecule has 0 radical (unpaired) electrons. The predicted octanol–water partition coefficient (Wildman–Crippen LogP) is 2.05. The summed E-state index contributed by atoms with van der Waals surface area (Å²) in [5.74, 6) is 0.594. The lowest BCUT2D eigenvalue weighted by molar-refractivity contribution is 0.465. The van der Waals surface area contributed by atoms with Crippen molar-refractivity contribution < 1.29 is 5.11 Å². The molecule has 4 heteroatoms. The Kier molecular flexibility index (Phi) is 2.11. The van der Waals surface area contributed by atoms with Crippen molar-refractivity contribution in [2.45, 2.75) is 37.3 Å². The van der Waals surface area contributed by atoms with Crippen LogP contribution in [0.5, 0.6) is 5.75 Å². The predicted molar refractivity (Wildman–Crippen MR) is 58.2 cm³/mol. The molecule has 2 aliphatic rings. The number of halogens is 1. The molecule has 0 saturated carbocycles. The number of rotatable bonds is 1. The van der Waals surface area contributed by atoms with Crippen LogP contribution in [-0.2, 0) is 0 Å². The quantitative estimate of drug-likeness (QED) is 0.718. The largest absolute Gasteiger partial charge is 0.505 e. The second-order valence-corrected chi connectivity index (χ2v) is 4.83. The van der Waals surface area contributed by atoms with E-state index in [0.29, 0.717) is 18.0 Å². The molecule has 1 aromatic rings. The Labute approximate surface area is 93.5 Å². The topological polar surface area (TPSA) is 45.1 Å². The molecule has 3 unspecified atom stereocenters. The maximum Gasteiger partial charge on any atom is 0.170 e. The molecular formula is C11H13ClN2O. The van der Waals surface area contributed by atoms with E-state index in [1.54, 1.807) is 12.3 Å². The highest BCUT2D eigenvalue weighted by molar-refractivity contribution is 6.30. The molecular weight excluding hydrogens is 212 g/mol. The third-order valence-corrected chi connectivity index (χ3v) is 3.86. The Bertz CT molecular complexity index is 396. The van der Waals surface area contributed by atoms with Gasteiger partial charge in [0.1, 0.15) is 0 Å². The number of nitrogens with zero attached hydrogens (tertiary/aromatic N) is 1. The zero-order valence-electron chi connectivity index (χ0n) is 8.28. The zero-order chi connectivity index (χ0) is 10.4. The fourth-order valence-electron chi connectivity index (χ4n) is 2.85. The van der Waals surface area contributed by atoms with Crippen LogP contribution in [0.25, 0.3) is 0 Å². The second-order valence-electron chi connectivity index (χ2n) is 4.47. The molecule has 2 aliphatic heterocycles. The first-order chi connectivity index (χ1) is 7.24. The van der Waals surface area contributed by atoms with Gasteiger partial charge >= 0.3 is 0 Å². The lowest BCUT2D eigenvalue weighted by atomic mass is 9.85. The maximum atomic E-state index is 9.52. The van der Waals surface area contributed by atoms with Crippen molar-refractivity contribution in [3.05, 3.63) is 23.0 Å². The molecule has 15 heavy (non-hydrogen) atoms. The van der Waals surface area contributed by atoms with Crippen molar-refractivity contribution >= 4 is 11.6 Å². The van der Waals surface area contributed by atoms with Gasteiger partial charge in [-0.05, 0) is 30.9 Å². The van der Waals surface area contributed by atoms with Gasteiger partial charge in [-0.25, -0.2) is 4.98 Å². The standard InChI is InChI=1S/C11H13ClN2O/c12-11-10(15)3-6(5-13-11)8-4-7-1-2-9(8)14-7/h3,5,7-9,14-15H,1-2,4H2. The first-order valence-corrected chi connectivity index (χ1v) is 5.72. The summed E-state index contributed by atoms with van der Waals surface area (Å²) in [6.07, 6.45) is 5.47. The molecule has 2 fully saturated rings. The molecule has 0 aliphatic carbocycles. The maximum absolute atomic E-state index is 9.52. The van der Waals surface area contributed by atoms with E-state index >= 15 is 0 Å². The van der Waals surface area contributed by atoms with Gasteiger partial charge in [-0.2, -0.15) is 0 Å². The van der Waals surface area contributed by atoms with Crippen LogP contribution in [0.1, 0.15) is 30.7 Å². The second kappa shape index (κ2) is 3.35. The Hall–Kier alpha value is -0.800. The van der Waals surface area contributed by atoms with Crippen LogP contribution in [0.15, 0.2) is 12.3 Å². The van der Waals surface area contributed by atoms with Crippen LogP contribution in [0.2, 0.25) is 5.15 Å². The van der Waals surface area contributed by atoms with E-state index in [4.69, 9.17) is 11.6 Å². The molecule has 3 atom stereocenters. The van der Waals surface area contributed by atoms with Crippen molar-refractivity contribution in [3.8, 4) is 5.75 Å². The number of nitrogens with one attached hydrogen (secondary N) is 1. The van der Waals surface area contributed by atoms with Crippen LogP contribution >= 0.6 is 11.6 Å². The van der Waals surface area contributed by atoms with Gasteiger partial charge in [-0.3, -0.25) is 0 Å². The number of hydrogen-bond acceptors (Lipinski definition) is 3. The Morgan fingerprint density at radius 2 is 2.33 bits per heavy atom. The van der Waals surface area contributed by atoms with Crippen LogP contribution in [0.3, 0.4) is 0 Å². The lowest BCUT2D eigenvalue weighted by Crippen LogP contribution is -2.21. The van der Waals surface area contributed by atoms with Gasteiger partial charge in [0.05, 0.1) is 0 Å². The van der Waals surface area contributed by atoms with Gasteiger partial charge in [0.2, 0.25) is 0 Å². The monoisotopic (exact) mass is 224 g/mol. The van der Waals surface area contributed by atoms with Gasteiger partial charge in [0, 0.05) is 24.2 Å². The summed E-state index contributed by atoms with van der Waals surface area (Å²) in [6.45, 7) is 0. The third kappa shape index (κ3) is 1.50. The normalized spacial score (nSPS) is 33.5. The summed E-state index contributed by atoms with van der Waals surface area (Å²) in [7, 11) is 0. The average Bonchev–Trinajstić information content (AvgIpc) is 2.83. The number of aromatic nitrogens is 1. The summed E-state index contributed by atoms with van der Waals surface area (Å²) in [5.41, 5.74) is 1.11. The summed E-state index contributed by atoms with van der Waals surface area (Å²) in [6, 6.07) is 2.98. The molecule has 3 heterocycles. The van der Waals surface area contributed by atoms with E-state index in [1.165, 1.54) is 12.8 Å². The first kappa shape index (κ1) is 9.43. The third-order valence-electron chi connectivity index (χ3n) is 3.57. The molecule has 0 amide bonds. The Balaban J connectivity index is 1.90. The fourth-order valence-corrected chi connectivity index (χ4v) is 2.95. The minimum atomic E-state index is 0.0944. The van der Waals surface area contributed by atoms with E-state index < -0.39 is 0 Å². The van der Waals surface area contributed by atoms with Crippen molar-refractivity contribution in [2.24, 2.45) is 0 Å². The number of aromatic hydroxyl groups is 1. The smallest absolute Gasteiger partial charge is 0.170 e. The summed E-state index contributed by atoms with van der Waals surface area (Å²) in [5, 5.41) is 13.3. The molecule has 2 bridgehead atoms. The van der Waals surface area contributed by atoms with E-state index in [2.05, 4.69) is 10.3 Å². The first-order valence-electron chi connectivity index (χ1n) is 5.34. The van der Waals surface area contributed by atoms with E-state index in [9.17, 15) is 5.11 Å². The van der Waals surface area contributed by atoms with Gasteiger partial charge < -0.3 is 10.4 Å². The molecule has 3 rings (SSSR count). The van der Waals surface area contributed by atoms with E-state index in [1.807, 2.05) is 0 Å². The van der Waals surface area contributed by atoms with Gasteiger partial charge in [-0.15, -0.1) is 0 Å². The zero-order valence-corrected chi connectivity index (χ0v) is 9.04. The minimum Gasteiger partial charge on any atom is -0.505 e. The Morgan fingerprint density at radius 3 is 2.93 bits per heavy atom. The van der Waals surface area contributed by atoms with Crippen LogP contribution in [-0.4, -0.2) is 22.2 Å². The van der Waals surface area contributed by atoms with Crippen LogP contribution < -0.4 is 5.32 Å². The van der Waals surface area contributed by atoms with Crippen molar-refractivity contribution in [3.63, 3.8) is 0 Å². The summed E-state index contributed by atoms with van der Waals surface area (Å²) >= 11 is 5.69. The van der Waals surface area contributed by atoms with E-state index in [-0.39, 0.29) is 10.9 Å². The molecule has 2 saturated heterocycles. The average molecular weight is 225 g/mol. The fraction of sp³-hybridized carbons (Fsp3) is 0.545. The highest BCUT2D eigenvalue weighted by Crippen LogP contribution is 2.40. The van der Waals surface area contributed by atoms with Gasteiger partial charge in [-0.1, -0.05) is 11.6 Å². The van der Waals surface area contributed by atoms with Gasteiger partial charge in [0.25, 0.3) is 0 Å². The van der Waals surface area contributed by atoms with Crippen molar-refractivity contribution in [1.82, 2.24) is 10.3 Å². The SMILES string of the molecule is Oc1cc(C2CC3CCC2N3)cnc1Cl. The van der Waals surface area contributed by atoms with Crippen LogP contribution in [0, 0.1) is 0 Å². The molecule has 0 aromatic carbocycles. The minimum absolute atomic E-state index is 0.0944. The lowest BCUT2D eigenvalue weighted by Gasteiger charge is -2.20. The highest BCUT2D eigenvalue weighted by atomic mass is 35.5. The summed E-state index contributed by atoms with van der Waals surface area (Å²) in [4.78, 5) is 3.99. The molecule has 3 nitrogen and oxygen atoms in total. The highest BCUT2D eigenvalue weighted by Gasteiger charge is 2.39. The van der Waals surface area contributed by atoms with Crippen molar-refractivity contribution in [1.29, 1.82) is 0 Å². The molecule has 2 N–H and O–H groups in total. The van der Waals surface area contributed by atoms with Crippen molar-refractivity contribution in [2.75, 3.05) is 0 Å². The number of fused-ring (bicyclic) bond motifs is 2. The number of hydrogen-bond donors (Lipinski definition) is 2. The summed E-state index contributed by atoms with van der Waals surface area (Å²) < 4.78 is 0. The molecule has 1 aromatic heterocycles. The number of pyridine rings is 1. The van der Waals surface area contributed by atoms with Crippen LogP contribution in [0.4, 0.5) is 0 Å². The van der Waals surface area contributed by atoms with Gasteiger partial charge in [0.15, 0.2) is 10.9 Å². The Morgan fingerprint density at radius 1 is 1.47 bits per heavy atom. The molecule has 0 spiro atoms. The molecule has 80 valence electrons.